The van der Waals surface area contributed by atoms with Crippen LogP contribution < -0.4 is 45.3 Å². The molecule has 2 N–H and O–H groups in total. The molecule has 0 saturated carbocycles. The standard InChI is InChI=1S/C25H28N8O6S2.Na/c1-13(2)9-18(35)31(3)24(39)26-16-8-6-5-7-14(16)10-17(34)27-19-21(36)33-20(23(37)38)15(11-40-22(19)33)12-41-25-28-29-30-32(25)4;/h5-9,19,22H,10-12H2,1-4H3,(H,26,39)(H,27,34)(H,37,38);/q;+1/p-1/t19?,22-;/m1./s1. The summed E-state index contributed by atoms with van der Waals surface area (Å²) in [6, 6.07) is 5.01. The predicted octanol–water partition coefficient (Wildman–Crippen LogP) is -3.09. The number of likely N-dealkylation sites (N-methyl/N-ethyl adjacent to an activating group) is 1. The van der Waals surface area contributed by atoms with Gasteiger partial charge in [0.1, 0.15) is 11.4 Å². The van der Waals surface area contributed by atoms with E-state index >= 15 is 0 Å². The Kier molecular flexibility index (Phi) is 11.4. The van der Waals surface area contributed by atoms with Crippen molar-refractivity contribution in [1.82, 2.24) is 35.3 Å². The number of carboxylic acid groups (broad SMARTS) is 1. The minimum absolute atomic E-state index is 0. The summed E-state index contributed by atoms with van der Waals surface area (Å²) in [5.74, 6) is -2.45. The van der Waals surface area contributed by atoms with Gasteiger partial charge >= 0.3 is 35.6 Å². The molecule has 0 bridgehead atoms. The van der Waals surface area contributed by atoms with Crippen LogP contribution in [0.25, 0.3) is 0 Å². The predicted molar refractivity (Wildman–Crippen MR) is 148 cm³/mol. The van der Waals surface area contributed by atoms with Crippen LogP contribution in [0, 0.1) is 0 Å². The first-order chi connectivity index (χ1) is 19.5. The zero-order valence-electron chi connectivity index (χ0n) is 23.6. The molecular weight excluding hydrogens is 595 g/mol. The number of urea groups is 1. The number of β-lactam (4-membered cyclic amide) rings is 1. The van der Waals surface area contributed by atoms with Crippen molar-refractivity contribution in [2.45, 2.75) is 36.8 Å². The molecular formula is C25H27N8NaO6S2. The first kappa shape index (κ1) is 33.3. The number of nitrogens with zero attached hydrogens (tertiary/aromatic N) is 6. The molecule has 2 aliphatic heterocycles. The Balaban J connectivity index is 0.00000484. The van der Waals surface area contributed by atoms with Crippen molar-refractivity contribution in [1.29, 1.82) is 0 Å². The number of amides is 5. The largest absolute Gasteiger partial charge is 1.00 e. The van der Waals surface area contributed by atoms with Gasteiger partial charge in [0, 0.05) is 37.4 Å². The van der Waals surface area contributed by atoms with Crippen LogP contribution in [0.4, 0.5) is 10.5 Å². The number of aromatic nitrogens is 4. The van der Waals surface area contributed by atoms with Crippen LogP contribution in [-0.4, -0.2) is 89.7 Å². The van der Waals surface area contributed by atoms with Gasteiger partial charge < -0.3 is 20.5 Å². The molecule has 1 unspecified atom stereocenters. The summed E-state index contributed by atoms with van der Waals surface area (Å²) < 4.78 is 1.45. The number of aryl methyl sites for hydroxylation is 1. The molecule has 1 fully saturated rings. The van der Waals surface area contributed by atoms with Gasteiger partial charge in [-0.3, -0.25) is 24.2 Å². The molecule has 0 radical (unpaired) electrons. The smallest absolute Gasteiger partial charge is 0.543 e. The van der Waals surface area contributed by atoms with E-state index in [0.717, 1.165) is 15.4 Å². The van der Waals surface area contributed by atoms with Crippen LogP contribution >= 0.6 is 23.5 Å². The molecule has 2 atom stereocenters. The van der Waals surface area contributed by atoms with Crippen molar-refractivity contribution in [3.05, 3.63) is 52.7 Å². The molecule has 2 aliphatic rings. The fourth-order valence-corrected chi connectivity index (χ4v) is 6.45. The van der Waals surface area contributed by atoms with E-state index in [9.17, 15) is 29.1 Å². The molecule has 14 nitrogen and oxygen atoms in total. The van der Waals surface area contributed by atoms with Gasteiger partial charge in [-0.2, -0.15) is 0 Å². The molecule has 216 valence electrons. The second-order valence-electron chi connectivity index (χ2n) is 9.45. The van der Waals surface area contributed by atoms with Gasteiger partial charge in [-0.25, -0.2) is 9.48 Å². The quantitative estimate of drug-likeness (QED) is 0.125. The summed E-state index contributed by atoms with van der Waals surface area (Å²) >= 11 is 2.57. The molecule has 0 aliphatic carbocycles. The van der Waals surface area contributed by atoms with Gasteiger partial charge in [0.25, 0.3) is 11.8 Å². The number of para-hydroxylation sites is 1. The number of hydrogen-bond donors (Lipinski definition) is 2. The molecule has 1 aromatic carbocycles. The minimum atomic E-state index is -1.47. The van der Waals surface area contributed by atoms with E-state index in [1.165, 1.54) is 41.3 Å². The van der Waals surface area contributed by atoms with Crippen LogP contribution in [0.5, 0.6) is 0 Å². The van der Waals surface area contributed by atoms with E-state index < -0.39 is 41.1 Å². The van der Waals surface area contributed by atoms with Crippen molar-refractivity contribution in [2.24, 2.45) is 7.05 Å². The number of carbonyl (C=O) groups is 5. The number of benzene rings is 1. The third-order valence-electron chi connectivity index (χ3n) is 6.17. The van der Waals surface area contributed by atoms with Crippen molar-refractivity contribution in [3.8, 4) is 0 Å². The Hall–Kier alpha value is -3.18. The van der Waals surface area contributed by atoms with Crippen molar-refractivity contribution in [2.75, 3.05) is 23.9 Å². The Morgan fingerprint density at radius 3 is 2.60 bits per heavy atom. The molecule has 0 spiro atoms. The first-order valence-corrected chi connectivity index (χ1v) is 14.4. The van der Waals surface area contributed by atoms with Gasteiger partial charge in [0.2, 0.25) is 11.1 Å². The average Bonchev–Trinajstić information content (AvgIpc) is 3.34. The van der Waals surface area contributed by atoms with Crippen molar-refractivity contribution in [3.63, 3.8) is 0 Å². The summed E-state index contributed by atoms with van der Waals surface area (Å²) in [6.45, 7) is 3.48. The van der Waals surface area contributed by atoms with E-state index in [1.807, 2.05) is 0 Å². The summed E-state index contributed by atoms with van der Waals surface area (Å²) in [5.41, 5.74) is 1.83. The Morgan fingerprint density at radius 2 is 1.95 bits per heavy atom. The normalized spacial score (nSPS) is 17.3. The zero-order valence-corrected chi connectivity index (χ0v) is 27.2. The second-order valence-corrected chi connectivity index (χ2v) is 11.5. The van der Waals surface area contributed by atoms with E-state index in [2.05, 4.69) is 26.2 Å². The van der Waals surface area contributed by atoms with Crippen LogP contribution in [0.1, 0.15) is 19.4 Å². The van der Waals surface area contributed by atoms with Gasteiger partial charge in [-0.05, 0) is 41.5 Å². The van der Waals surface area contributed by atoms with Gasteiger partial charge in [-0.15, -0.1) is 16.9 Å². The van der Waals surface area contributed by atoms with E-state index in [1.54, 1.807) is 45.2 Å². The number of carboxylic acids is 1. The van der Waals surface area contributed by atoms with E-state index in [4.69, 9.17) is 0 Å². The number of tetrazole rings is 1. The molecule has 17 heteroatoms. The summed E-state index contributed by atoms with van der Waals surface area (Å²) in [5, 5.41) is 28.4. The maximum absolute atomic E-state index is 13.0. The van der Waals surface area contributed by atoms with E-state index in [-0.39, 0.29) is 47.4 Å². The maximum atomic E-state index is 13.0. The molecule has 5 amide bonds. The van der Waals surface area contributed by atoms with E-state index in [0.29, 0.717) is 27.7 Å². The number of imide groups is 1. The first-order valence-electron chi connectivity index (χ1n) is 12.3. The average molecular weight is 623 g/mol. The van der Waals surface area contributed by atoms with Gasteiger partial charge in [-0.1, -0.05) is 35.5 Å². The monoisotopic (exact) mass is 622 g/mol. The number of allylic oxidation sites excluding steroid dienone is 1. The number of rotatable bonds is 9. The fourth-order valence-electron chi connectivity index (χ4n) is 4.11. The zero-order chi connectivity index (χ0) is 29.8. The molecule has 1 saturated heterocycles. The topological polar surface area (TPSA) is 183 Å². The third-order valence-corrected chi connectivity index (χ3v) is 8.61. The third kappa shape index (κ3) is 7.42. The van der Waals surface area contributed by atoms with Gasteiger partial charge in [0.15, 0.2) is 0 Å². The number of nitrogens with one attached hydrogen (secondary N) is 2. The molecule has 42 heavy (non-hydrogen) atoms. The summed E-state index contributed by atoms with van der Waals surface area (Å²) in [6.07, 6.45) is 1.17. The number of anilines is 1. The maximum Gasteiger partial charge on any atom is 1.00 e. The molecule has 4 rings (SSSR count). The van der Waals surface area contributed by atoms with Crippen LogP contribution in [0.3, 0.4) is 0 Å². The van der Waals surface area contributed by atoms with Crippen molar-refractivity contribution >= 4 is 58.9 Å². The Labute approximate surface area is 272 Å². The van der Waals surface area contributed by atoms with Crippen LogP contribution in [-0.2, 0) is 32.6 Å². The summed E-state index contributed by atoms with van der Waals surface area (Å²) in [7, 11) is 3.00. The summed E-state index contributed by atoms with van der Waals surface area (Å²) in [4.78, 5) is 64.8. The number of hydrogen-bond acceptors (Lipinski definition) is 11. The number of aliphatic carboxylic acids is 1. The van der Waals surface area contributed by atoms with Gasteiger partial charge in [0.05, 0.1) is 18.1 Å². The van der Waals surface area contributed by atoms with Crippen LogP contribution in [0.15, 0.2) is 52.3 Å². The Morgan fingerprint density at radius 1 is 1.24 bits per heavy atom. The van der Waals surface area contributed by atoms with Crippen LogP contribution in [0.2, 0.25) is 0 Å². The molecule has 2 aromatic rings. The second kappa shape index (κ2) is 14.3. The molecule has 3 heterocycles. The molecule has 1 aromatic heterocycles. The number of carbonyl (C=O) groups excluding carboxylic acids is 5. The minimum Gasteiger partial charge on any atom is -0.543 e. The number of thioether (sulfide) groups is 2. The fraction of sp³-hybridized carbons (Fsp3) is 0.360. The van der Waals surface area contributed by atoms with Crippen molar-refractivity contribution < 1.29 is 58.6 Å². The Bertz CT molecular complexity index is 1470. The SMILES string of the molecule is CC(C)=CC(=O)N(C)C(=O)Nc1ccccc1CC(=O)NC1C(=O)N2C(C(=O)[O-])=C(CSc3nnnn3C)CS[C@H]12.[Na+]. The number of fused-ring (bicyclic) bond motifs is 1.